The second kappa shape index (κ2) is 8.52. The fourth-order valence-electron chi connectivity index (χ4n) is 4.13. The number of rotatable bonds is 5. The van der Waals surface area contributed by atoms with Crippen molar-refractivity contribution in [2.75, 3.05) is 23.3 Å². The lowest BCUT2D eigenvalue weighted by molar-refractivity contribution is -0.384. The number of carbonyl (C=O) groups excluding carboxylic acids is 2. The third-order valence-corrected chi connectivity index (χ3v) is 5.70. The SMILES string of the molecule is O=C1CCc2cc([N+](=O)[O-])c(N3CCC(NC(=O)Cc4ccccc4)CC3)cc2N1. The fraction of sp³-hybridized carbons (Fsp3) is 0.364. The van der Waals surface area contributed by atoms with Gasteiger partial charge >= 0.3 is 0 Å². The van der Waals surface area contributed by atoms with E-state index in [2.05, 4.69) is 10.6 Å². The number of nitro groups is 1. The molecular weight excluding hydrogens is 384 g/mol. The molecule has 0 atom stereocenters. The Kier molecular flexibility index (Phi) is 5.65. The maximum absolute atomic E-state index is 12.3. The van der Waals surface area contributed by atoms with Gasteiger partial charge in [0.05, 0.1) is 11.3 Å². The standard InChI is InChI=1S/C22H24N4O4/c27-21-7-6-16-13-20(26(29)30)19(14-18(16)24-21)25-10-8-17(9-11-25)23-22(28)12-15-4-2-1-3-5-15/h1-5,13-14,17H,6-12H2,(H,23,28)(H,24,27). The minimum atomic E-state index is -0.361. The lowest BCUT2D eigenvalue weighted by Gasteiger charge is -2.34. The van der Waals surface area contributed by atoms with Crippen LogP contribution in [0.4, 0.5) is 17.1 Å². The average Bonchev–Trinajstić information content (AvgIpc) is 2.74. The van der Waals surface area contributed by atoms with E-state index in [1.165, 1.54) is 0 Å². The Bertz CT molecular complexity index is 969. The summed E-state index contributed by atoms with van der Waals surface area (Å²) in [5.74, 6) is -0.0794. The molecule has 0 spiro atoms. The van der Waals surface area contributed by atoms with Gasteiger partial charge in [-0.1, -0.05) is 30.3 Å². The van der Waals surface area contributed by atoms with E-state index in [1.54, 1.807) is 12.1 Å². The van der Waals surface area contributed by atoms with E-state index in [-0.39, 0.29) is 28.5 Å². The maximum atomic E-state index is 12.3. The molecule has 1 fully saturated rings. The molecule has 8 nitrogen and oxygen atoms in total. The number of piperidine rings is 1. The van der Waals surface area contributed by atoms with Gasteiger partial charge in [0.1, 0.15) is 5.69 Å². The number of fused-ring (bicyclic) bond motifs is 1. The molecule has 2 heterocycles. The Morgan fingerprint density at radius 2 is 1.90 bits per heavy atom. The minimum absolute atomic E-state index is 0.0119. The zero-order chi connectivity index (χ0) is 21.1. The summed E-state index contributed by atoms with van der Waals surface area (Å²) in [5, 5.41) is 17.5. The van der Waals surface area contributed by atoms with Crippen LogP contribution in [0, 0.1) is 10.1 Å². The monoisotopic (exact) mass is 408 g/mol. The summed E-state index contributed by atoms with van der Waals surface area (Å²) in [6, 6.07) is 12.9. The van der Waals surface area contributed by atoms with Crippen molar-refractivity contribution in [3.05, 3.63) is 63.7 Å². The number of nitrogens with zero attached hydrogens (tertiary/aromatic N) is 2. The van der Waals surface area contributed by atoms with Crippen molar-refractivity contribution in [3.8, 4) is 0 Å². The van der Waals surface area contributed by atoms with E-state index in [0.717, 1.165) is 11.1 Å². The number of hydrogen-bond donors (Lipinski definition) is 2. The third kappa shape index (κ3) is 4.42. The van der Waals surface area contributed by atoms with Crippen LogP contribution in [0.15, 0.2) is 42.5 Å². The predicted molar refractivity (Wildman–Crippen MR) is 114 cm³/mol. The largest absolute Gasteiger partial charge is 0.366 e. The lowest BCUT2D eigenvalue weighted by atomic mass is 9.99. The summed E-state index contributed by atoms with van der Waals surface area (Å²) < 4.78 is 0. The van der Waals surface area contributed by atoms with Crippen LogP contribution in [0.3, 0.4) is 0 Å². The van der Waals surface area contributed by atoms with Crippen LogP contribution < -0.4 is 15.5 Å². The van der Waals surface area contributed by atoms with Gasteiger partial charge in [0.2, 0.25) is 11.8 Å². The van der Waals surface area contributed by atoms with Gasteiger partial charge in [-0.3, -0.25) is 19.7 Å². The van der Waals surface area contributed by atoms with Crippen LogP contribution in [-0.4, -0.2) is 35.9 Å². The number of hydrogen-bond acceptors (Lipinski definition) is 5. The van der Waals surface area contributed by atoms with E-state index in [4.69, 9.17) is 0 Å². The van der Waals surface area contributed by atoms with Gasteiger partial charge in [0, 0.05) is 37.3 Å². The Labute approximate surface area is 174 Å². The van der Waals surface area contributed by atoms with Crippen LogP contribution in [0.5, 0.6) is 0 Å². The maximum Gasteiger partial charge on any atom is 0.292 e. The fourth-order valence-corrected chi connectivity index (χ4v) is 4.13. The van der Waals surface area contributed by atoms with E-state index in [1.807, 2.05) is 35.2 Å². The normalized spacial score (nSPS) is 16.5. The lowest BCUT2D eigenvalue weighted by Crippen LogP contribution is -2.45. The van der Waals surface area contributed by atoms with Gasteiger partial charge in [-0.25, -0.2) is 0 Å². The van der Waals surface area contributed by atoms with Crippen molar-refractivity contribution in [2.45, 2.75) is 38.1 Å². The average molecular weight is 408 g/mol. The molecule has 8 heteroatoms. The van der Waals surface area contributed by atoms with E-state index >= 15 is 0 Å². The molecular formula is C22H24N4O4. The van der Waals surface area contributed by atoms with Crippen molar-refractivity contribution in [2.24, 2.45) is 0 Å². The van der Waals surface area contributed by atoms with Gasteiger partial charge in [-0.15, -0.1) is 0 Å². The van der Waals surface area contributed by atoms with E-state index in [9.17, 15) is 19.7 Å². The quantitative estimate of drug-likeness (QED) is 0.585. The first-order valence-electron chi connectivity index (χ1n) is 10.2. The minimum Gasteiger partial charge on any atom is -0.366 e. The molecule has 2 aromatic carbocycles. The molecule has 0 aliphatic carbocycles. The molecule has 156 valence electrons. The number of amides is 2. The zero-order valence-electron chi connectivity index (χ0n) is 16.6. The first kappa shape index (κ1) is 19.9. The smallest absolute Gasteiger partial charge is 0.292 e. The number of anilines is 2. The molecule has 2 aromatic rings. The van der Waals surface area contributed by atoms with Crippen molar-refractivity contribution in [1.82, 2.24) is 5.32 Å². The topological polar surface area (TPSA) is 105 Å². The zero-order valence-corrected chi connectivity index (χ0v) is 16.6. The summed E-state index contributed by atoms with van der Waals surface area (Å²) in [7, 11) is 0. The third-order valence-electron chi connectivity index (χ3n) is 5.70. The Balaban J connectivity index is 1.41. The van der Waals surface area contributed by atoms with Crippen LogP contribution in [-0.2, 0) is 22.4 Å². The summed E-state index contributed by atoms with van der Waals surface area (Å²) in [6.07, 6.45) is 2.62. The number of carbonyl (C=O) groups is 2. The molecule has 2 amide bonds. The number of nitro benzene ring substituents is 1. The first-order valence-corrected chi connectivity index (χ1v) is 10.2. The van der Waals surface area contributed by atoms with Crippen LogP contribution in [0.2, 0.25) is 0 Å². The highest BCUT2D eigenvalue weighted by Gasteiger charge is 2.28. The Hall–Kier alpha value is -3.42. The molecule has 2 N–H and O–H groups in total. The molecule has 4 rings (SSSR count). The predicted octanol–water partition coefficient (Wildman–Crippen LogP) is 2.81. The molecule has 0 aromatic heterocycles. The van der Waals surface area contributed by atoms with Gasteiger partial charge < -0.3 is 15.5 Å². The highest BCUT2D eigenvalue weighted by Crippen LogP contribution is 2.37. The Morgan fingerprint density at radius 3 is 2.60 bits per heavy atom. The second-order valence-corrected chi connectivity index (χ2v) is 7.79. The molecule has 1 saturated heterocycles. The highest BCUT2D eigenvalue weighted by atomic mass is 16.6. The van der Waals surface area contributed by atoms with Crippen molar-refractivity contribution >= 4 is 28.9 Å². The van der Waals surface area contributed by atoms with Gasteiger partial charge in [-0.2, -0.15) is 0 Å². The summed E-state index contributed by atoms with van der Waals surface area (Å²) in [5.41, 5.74) is 3.02. The number of benzene rings is 2. The molecule has 0 unspecified atom stereocenters. The summed E-state index contributed by atoms with van der Waals surface area (Å²) in [4.78, 5) is 37.3. The molecule has 0 saturated carbocycles. The van der Waals surface area contributed by atoms with Gasteiger partial charge in [-0.05, 0) is 36.5 Å². The molecule has 30 heavy (non-hydrogen) atoms. The van der Waals surface area contributed by atoms with Crippen molar-refractivity contribution in [1.29, 1.82) is 0 Å². The Morgan fingerprint density at radius 1 is 1.17 bits per heavy atom. The molecule has 0 bridgehead atoms. The van der Waals surface area contributed by atoms with Crippen LogP contribution >= 0.6 is 0 Å². The summed E-state index contributed by atoms with van der Waals surface area (Å²) >= 11 is 0. The highest BCUT2D eigenvalue weighted by molar-refractivity contribution is 5.95. The van der Waals surface area contributed by atoms with Gasteiger partial charge in [0.15, 0.2) is 0 Å². The molecule has 2 aliphatic heterocycles. The van der Waals surface area contributed by atoms with E-state index < -0.39 is 0 Å². The number of nitrogens with one attached hydrogen (secondary N) is 2. The van der Waals surface area contributed by atoms with E-state index in [0.29, 0.717) is 56.6 Å². The van der Waals surface area contributed by atoms with Crippen molar-refractivity contribution in [3.63, 3.8) is 0 Å². The second-order valence-electron chi connectivity index (χ2n) is 7.79. The van der Waals surface area contributed by atoms with Crippen LogP contribution in [0.25, 0.3) is 0 Å². The molecule has 2 aliphatic rings. The summed E-state index contributed by atoms with van der Waals surface area (Å²) in [6.45, 7) is 1.20. The van der Waals surface area contributed by atoms with Crippen LogP contribution in [0.1, 0.15) is 30.4 Å². The van der Waals surface area contributed by atoms with Gasteiger partial charge in [0.25, 0.3) is 5.69 Å². The number of aryl methyl sites for hydroxylation is 1. The van der Waals surface area contributed by atoms with Crippen molar-refractivity contribution < 1.29 is 14.5 Å². The molecule has 0 radical (unpaired) electrons. The first-order chi connectivity index (χ1) is 14.5.